The highest BCUT2D eigenvalue weighted by molar-refractivity contribution is 7.98. The van der Waals surface area contributed by atoms with Crippen LogP contribution in [0.2, 0.25) is 5.02 Å². The van der Waals surface area contributed by atoms with Gasteiger partial charge >= 0.3 is 0 Å². The minimum Gasteiger partial charge on any atom is -0.370 e. The van der Waals surface area contributed by atoms with Gasteiger partial charge in [0.15, 0.2) is 0 Å². The van der Waals surface area contributed by atoms with Crippen LogP contribution in [0.4, 0.5) is 5.82 Å². The number of aromatic amines is 1. The van der Waals surface area contributed by atoms with Crippen LogP contribution in [0.15, 0.2) is 34.0 Å². The van der Waals surface area contributed by atoms with Crippen LogP contribution in [0.1, 0.15) is 17.8 Å². The Morgan fingerprint density at radius 3 is 2.90 bits per heavy atom. The zero-order valence-corrected chi connectivity index (χ0v) is 12.4. The summed E-state index contributed by atoms with van der Waals surface area (Å²) >= 11 is 7.47. The van der Waals surface area contributed by atoms with Crippen LogP contribution in [-0.4, -0.2) is 16.5 Å². The lowest BCUT2D eigenvalue weighted by atomic mass is 10.1. The average Bonchev–Trinajstić information content (AvgIpc) is 2.47. The van der Waals surface area contributed by atoms with Crippen molar-refractivity contribution >= 4 is 29.2 Å². The van der Waals surface area contributed by atoms with Crippen LogP contribution in [0.25, 0.3) is 0 Å². The number of H-pyrrole nitrogens is 1. The number of hydrogen-bond acceptors (Lipinski definition) is 4. The maximum absolute atomic E-state index is 12.0. The van der Waals surface area contributed by atoms with Crippen molar-refractivity contribution in [2.45, 2.75) is 23.5 Å². The van der Waals surface area contributed by atoms with E-state index in [0.29, 0.717) is 11.6 Å². The summed E-state index contributed by atoms with van der Waals surface area (Å²) in [6, 6.07) is 7.63. The van der Waals surface area contributed by atoms with Crippen LogP contribution < -0.4 is 10.9 Å². The van der Waals surface area contributed by atoms with Crippen LogP contribution >= 0.6 is 23.4 Å². The van der Waals surface area contributed by atoms with E-state index in [9.17, 15) is 4.79 Å². The lowest BCUT2D eigenvalue weighted by Crippen LogP contribution is -2.24. The number of benzene rings is 1. The molecule has 1 aliphatic rings. The Kier molecular flexibility index (Phi) is 3.98. The van der Waals surface area contributed by atoms with E-state index in [1.165, 1.54) is 0 Å². The molecule has 0 spiro atoms. The Labute approximate surface area is 126 Å². The number of nitrogens with zero attached hydrogens (tertiary/aromatic N) is 1. The van der Waals surface area contributed by atoms with Crippen molar-refractivity contribution in [2.24, 2.45) is 0 Å². The van der Waals surface area contributed by atoms with Gasteiger partial charge in [-0.25, -0.2) is 4.98 Å². The first kappa shape index (κ1) is 13.5. The molecule has 0 unspecified atom stereocenters. The summed E-state index contributed by atoms with van der Waals surface area (Å²) in [7, 11) is 0. The largest absolute Gasteiger partial charge is 0.370 e. The topological polar surface area (TPSA) is 57.8 Å². The SMILES string of the molecule is O=c1[nH]c(CSc2ccc(Cl)cc2)nc2c1CCCN2. The van der Waals surface area contributed by atoms with Crippen molar-refractivity contribution in [3.05, 3.63) is 51.0 Å². The summed E-state index contributed by atoms with van der Waals surface area (Å²) in [6.07, 6.45) is 1.78. The number of hydrogen-bond donors (Lipinski definition) is 2. The molecule has 1 aromatic carbocycles. The zero-order valence-electron chi connectivity index (χ0n) is 10.8. The van der Waals surface area contributed by atoms with Gasteiger partial charge in [-0.3, -0.25) is 4.79 Å². The van der Waals surface area contributed by atoms with Gasteiger partial charge in [0.2, 0.25) is 0 Å². The molecule has 2 N–H and O–H groups in total. The van der Waals surface area contributed by atoms with E-state index < -0.39 is 0 Å². The summed E-state index contributed by atoms with van der Waals surface area (Å²) in [5, 5.41) is 3.91. The van der Waals surface area contributed by atoms with E-state index >= 15 is 0 Å². The van der Waals surface area contributed by atoms with Gasteiger partial charge in [0.1, 0.15) is 11.6 Å². The molecular weight excluding hydrogens is 294 g/mol. The number of rotatable bonds is 3. The lowest BCUT2D eigenvalue weighted by molar-refractivity contribution is 0.789. The van der Waals surface area contributed by atoms with Crippen LogP contribution in [0, 0.1) is 0 Å². The molecule has 4 nitrogen and oxygen atoms in total. The van der Waals surface area contributed by atoms with Crippen molar-refractivity contribution in [3.63, 3.8) is 0 Å². The molecule has 3 rings (SSSR count). The fourth-order valence-electron chi connectivity index (χ4n) is 2.15. The molecule has 104 valence electrons. The van der Waals surface area contributed by atoms with Crippen LogP contribution in [0.5, 0.6) is 0 Å². The second-order valence-electron chi connectivity index (χ2n) is 4.61. The van der Waals surface area contributed by atoms with E-state index in [2.05, 4.69) is 15.3 Å². The molecule has 2 heterocycles. The van der Waals surface area contributed by atoms with Crippen molar-refractivity contribution in [3.8, 4) is 0 Å². The molecule has 6 heteroatoms. The summed E-state index contributed by atoms with van der Waals surface area (Å²) < 4.78 is 0. The summed E-state index contributed by atoms with van der Waals surface area (Å²) in [5.41, 5.74) is 0.755. The quantitative estimate of drug-likeness (QED) is 0.856. The molecule has 0 saturated heterocycles. The van der Waals surface area contributed by atoms with Gasteiger partial charge in [0.05, 0.1) is 11.3 Å². The zero-order chi connectivity index (χ0) is 13.9. The molecule has 0 aliphatic carbocycles. The second-order valence-corrected chi connectivity index (χ2v) is 6.10. The summed E-state index contributed by atoms with van der Waals surface area (Å²) in [5.74, 6) is 2.07. The highest BCUT2D eigenvalue weighted by Gasteiger charge is 2.14. The Bertz CT molecular complexity index is 669. The first-order chi connectivity index (χ1) is 9.72. The lowest BCUT2D eigenvalue weighted by Gasteiger charge is -2.16. The van der Waals surface area contributed by atoms with Gasteiger partial charge < -0.3 is 10.3 Å². The van der Waals surface area contributed by atoms with Gasteiger partial charge in [-0.15, -0.1) is 11.8 Å². The minimum absolute atomic E-state index is 0.0195. The van der Waals surface area contributed by atoms with E-state index in [0.717, 1.165) is 40.7 Å². The monoisotopic (exact) mass is 307 g/mol. The molecule has 2 aromatic rings. The number of thioether (sulfide) groups is 1. The summed E-state index contributed by atoms with van der Waals surface area (Å²) in [4.78, 5) is 20.4. The van der Waals surface area contributed by atoms with Gasteiger partial charge in [-0.05, 0) is 37.1 Å². The van der Waals surface area contributed by atoms with E-state index in [1.807, 2.05) is 24.3 Å². The predicted molar refractivity (Wildman–Crippen MR) is 82.7 cm³/mol. The van der Waals surface area contributed by atoms with Gasteiger partial charge in [0, 0.05) is 16.5 Å². The fraction of sp³-hybridized carbons (Fsp3) is 0.286. The van der Waals surface area contributed by atoms with Gasteiger partial charge in [-0.2, -0.15) is 0 Å². The van der Waals surface area contributed by atoms with Crippen LogP contribution in [0.3, 0.4) is 0 Å². The Morgan fingerprint density at radius 2 is 2.10 bits per heavy atom. The number of halogens is 1. The molecule has 0 radical (unpaired) electrons. The molecule has 1 aliphatic heterocycles. The third kappa shape index (κ3) is 2.99. The molecule has 0 atom stereocenters. The first-order valence-corrected chi connectivity index (χ1v) is 7.83. The molecular formula is C14H14ClN3OS. The number of fused-ring (bicyclic) bond motifs is 1. The van der Waals surface area contributed by atoms with Crippen molar-refractivity contribution in [2.75, 3.05) is 11.9 Å². The third-order valence-electron chi connectivity index (χ3n) is 3.15. The van der Waals surface area contributed by atoms with Gasteiger partial charge in [-0.1, -0.05) is 11.6 Å². The Morgan fingerprint density at radius 1 is 1.30 bits per heavy atom. The maximum Gasteiger partial charge on any atom is 0.256 e. The molecule has 1 aromatic heterocycles. The molecule has 0 saturated carbocycles. The highest BCUT2D eigenvalue weighted by atomic mass is 35.5. The molecule has 0 bridgehead atoms. The van der Waals surface area contributed by atoms with Gasteiger partial charge in [0.25, 0.3) is 5.56 Å². The predicted octanol–water partition coefficient (Wildman–Crippen LogP) is 3.07. The standard InChI is InChI=1S/C14H14ClN3OS/c15-9-3-5-10(6-4-9)20-8-12-17-13-11(14(19)18-12)2-1-7-16-13/h3-6H,1-2,7-8H2,(H2,16,17,18,19). The minimum atomic E-state index is -0.0195. The van der Waals surface area contributed by atoms with Crippen LogP contribution in [-0.2, 0) is 12.2 Å². The highest BCUT2D eigenvalue weighted by Crippen LogP contribution is 2.24. The smallest absolute Gasteiger partial charge is 0.256 e. The average molecular weight is 308 g/mol. The third-order valence-corrected chi connectivity index (χ3v) is 4.42. The fourth-order valence-corrected chi connectivity index (χ4v) is 3.04. The molecule has 20 heavy (non-hydrogen) atoms. The Balaban J connectivity index is 1.76. The number of anilines is 1. The Hall–Kier alpha value is -1.46. The van der Waals surface area contributed by atoms with Crippen molar-refractivity contribution < 1.29 is 0 Å². The summed E-state index contributed by atoms with van der Waals surface area (Å²) in [6.45, 7) is 0.882. The van der Waals surface area contributed by atoms with E-state index in [4.69, 9.17) is 11.6 Å². The molecule has 0 amide bonds. The number of nitrogens with one attached hydrogen (secondary N) is 2. The van der Waals surface area contributed by atoms with Crippen molar-refractivity contribution in [1.82, 2.24) is 9.97 Å². The normalized spacial score (nSPS) is 13.7. The molecule has 0 fully saturated rings. The second kappa shape index (κ2) is 5.89. The van der Waals surface area contributed by atoms with E-state index in [1.54, 1.807) is 11.8 Å². The van der Waals surface area contributed by atoms with Crippen molar-refractivity contribution in [1.29, 1.82) is 0 Å². The van der Waals surface area contributed by atoms with E-state index in [-0.39, 0.29) is 5.56 Å². The number of aromatic nitrogens is 2. The first-order valence-electron chi connectivity index (χ1n) is 6.47. The maximum atomic E-state index is 12.0.